The highest BCUT2D eigenvalue weighted by atomic mass is 35.5. The van der Waals surface area contributed by atoms with Crippen LogP contribution in [0.15, 0.2) is 58.3 Å². The molecule has 0 fully saturated rings. The third-order valence-electron chi connectivity index (χ3n) is 3.81. The van der Waals surface area contributed by atoms with Gasteiger partial charge in [0.05, 0.1) is 19.1 Å². The maximum atomic E-state index is 12.8. The molecule has 0 aliphatic heterocycles. The minimum absolute atomic E-state index is 0.0634. The van der Waals surface area contributed by atoms with Crippen LogP contribution in [0.2, 0.25) is 5.02 Å². The van der Waals surface area contributed by atoms with Crippen molar-refractivity contribution in [2.75, 3.05) is 14.2 Å². The Hall–Kier alpha value is -2.29. The van der Waals surface area contributed by atoms with Gasteiger partial charge in [-0.2, -0.15) is 8.42 Å². The Labute approximate surface area is 166 Å². The Morgan fingerprint density at radius 3 is 2.37 bits per heavy atom. The van der Waals surface area contributed by atoms with E-state index < -0.39 is 10.0 Å². The van der Waals surface area contributed by atoms with Crippen LogP contribution < -0.4 is 14.3 Å². The van der Waals surface area contributed by atoms with Crippen LogP contribution >= 0.6 is 22.9 Å². The van der Waals surface area contributed by atoms with E-state index in [4.69, 9.17) is 21.1 Å². The molecule has 6 nitrogen and oxygen atoms in total. The van der Waals surface area contributed by atoms with Crippen LogP contribution in [0.4, 0.5) is 0 Å². The number of sulfonamides is 1. The van der Waals surface area contributed by atoms with Gasteiger partial charge in [0.15, 0.2) is 0 Å². The Balaban J connectivity index is 2.33. The van der Waals surface area contributed by atoms with Gasteiger partial charge < -0.3 is 14.0 Å². The van der Waals surface area contributed by atoms with Gasteiger partial charge in [0.2, 0.25) is 4.80 Å². The molecule has 1 heterocycles. The molecule has 0 aliphatic rings. The highest BCUT2D eigenvalue weighted by Crippen LogP contribution is 2.35. The molecular formula is C18H17ClN2O4S2. The van der Waals surface area contributed by atoms with Crippen LogP contribution in [0, 0.1) is 0 Å². The number of hydrogen-bond donors (Lipinski definition) is 0. The number of thiazole rings is 1. The van der Waals surface area contributed by atoms with E-state index in [0.29, 0.717) is 33.4 Å². The molecule has 2 aromatic carbocycles. The van der Waals surface area contributed by atoms with E-state index in [1.165, 1.54) is 35.6 Å². The molecule has 1 aromatic heterocycles. The van der Waals surface area contributed by atoms with Gasteiger partial charge in [-0.1, -0.05) is 29.0 Å². The molecule has 0 aliphatic carbocycles. The number of hydrogen-bond acceptors (Lipinski definition) is 5. The molecule has 0 saturated carbocycles. The Kier molecular flexibility index (Phi) is 5.59. The van der Waals surface area contributed by atoms with Crippen molar-refractivity contribution in [3.05, 3.63) is 58.9 Å². The number of nitrogens with zero attached hydrogens (tertiary/aromatic N) is 2. The monoisotopic (exact) mass is 424 g/mol. The number of aromatic nitrogens is 1. The predicted molar refractivity (Wildman–Crippen MR) is 107 cm³/mol. The molecule has 142 valence electrons. The normalized spacial score (nSPS) is 12.3. The molecule has 0 spiro atoms. The van der Waals surface area contributed by atoms with Crippen LogP contribution in [-0.4, -0.2) is 27.2 Å². The molecule has 0 bridgehead atoms. The SMILES string of the molecule is C=CCn1/c(=N/S(=O)(=O)c2ccc(Cl)cc2)sc2c(OC)ccc(OC)c21. The number of rotatable bonds is 6. The molecule has 0 N–H and O–H groups in total. The minimum atomic E-state index is -3.92. The van der Waals surface area contributed by atoms with Crippen molar-refractivity contribution in [2.45, 2.75) is 11.4 Å². The van der Waals surface area contributed by atoms with Crippen molar-refractivity contribution in [1.82, 2.24) is 4.57 Å². The second-order valence-electron chi connectivity index (χ2n) is 5.45. The highest BCUT2D eigenvalue weighted by molar-refractivity contribution is 7.90. The largest absolute Gasteiger partial charge is 0.495 e. The third kappa shape index (κ3) is 3.73. The lowest BCUT2D eigenvalue weighted by Crippen LogP contribution is -2.16. The lowest BCUT2D eigenvalue weighted by atomic mass is 10.3. The van der Waals surface area contributed by atoms with E-state index in [-0.39, 0.29) is 4.90 Å². The molecule has 0 atom stereocenters. The van der Waals surface area contributed by atoms with E-state index in [9.17, 15) is 8.42 Å². The van der Waals surface area contributed by atoms with Crippen molar-refractivity contribution in [1.29, 1.82) is 0 Å². The number of halogens is 1. The summed E-state index contributed by atoms with van der Waals surface area (Å²) in [5, 5.41) is 0.451. The smallest absolute Gasteiger partial charge is 0.285 e. The summed E-state index contributed by atoms with van der Waals surface area (Å²) in [6.45, 7) is 4.11. The van der Waals surface area contributed by atoms with Crippen molar-refractivity contribution >= 4 is 43.2 Å². The molecule has 0 unspecified atom stereocenters. The van der Waals surface area contributed by atoms with Crippen LogP contribution in [0.1, 0.15) is 0 Å². The molecular weight excluding hydrogens is 408 g/mol. The van der Waals surface area contributed by atoms with E-state index >= 15 is 0 Å². The fourth-order valence-corrected chi connectivity index (χ4v) is 5.06. The third-order valence-corrected chi connectivity index (χ3v) is 6.56. The van der Waals surface area contributed by atoms with Crippen molar-refractivity contribution in [2.24, 2.45) is 4.40 Å². The van der Waals surface area contributed by atoms with Gasteiger partial charge >= 0.3 is 0 Å². The van der Waals surface area contributed by atoms with Gasteiger partial charge in [0, 0.05) is 11.6 Å². The summed E-state index contributed by atoms with van der Waals surface area (Å²) in [5.74, 6) is 1.20. The van der Waals surface area contributed by atoms with Gasteiger partial charge in [0.25, 0.3) is 10.0 Å². The standard InChI is InChI=1S/C18H17ClN2O4S2/c1-4-11-21-16-14(24-2)9-10-15(25-3)17(16)26-18(21)20-27(22,23)13-7-5-12(19)6-8-13/h4-10H,1,11H2,2-3H3/b20-18-. The van der Waals surface area contributed by atoms with Gasteiger partial charge in [-0.3, -0.25) is 0 Å². The van der Waals surface area contributed by atoms with Crippen molar-refractivity contribution in [3.63, 3.8) is 0 Å². The van der Waals surface area contributed by atoms with E-state index in [2.05, 4.69) is 11.0 Å². The fraction of sp³-hybridized carbons (Fsp3) is 0.167. The topological polar surface area (TPSA) is 69.9 Å². The van der Waals surface area contributed by atoms with Crippen LogP contribution in [-0.2, 0) is 16.6 Å². The summed E-state index contributed by atoms with van der Waals surface area (Å²) in [4.78, 5) is 0.357. The quantitative estimate of drug-likeness (QED) is 0.563. The van der Waals surface area contributed by atoms with Gasteiger partial charge in [-0.15, -0.1) is 11.0 Å². The zero-order valence-electron chi connectivity index (χ0n) is 14.7. The first-order valence-corrected chi connectivity index (χ1v) is 10.5. The lowest BCUT2D eigenvalue weighted by molar-refractivity contribution is 0.409. The van der Waals surface area contributed by atoms with Gasteiger partial charge in [0.1, 0.15) is 21.7 Å². The molecule has 0 amide bonds. The van der Waals surface area contributed by atoms with Crippen molar-refractivity contribution < 1.29 is 17.9 Å². The van der Waals surface area contributed by atoms with Crippen LogP contribution in [0.3, 0.4) is 0 Å². The number of fused-ring (bicyclic) bond motifs is 1. The summed E-state index contributed by atoms with van der Waals surface area (Å²) in [7, 11) is -0.808. The molecule has 9 heteroatoms. The Morgan fingerprint density at radius 1 is 1.15 bits per heavy atom. The minimum Gasteiger partial charge on any atom is -0.495 e. The van der Waals surface area contributed by atoms with E-state index in [1.54, 1.807) is 37.0 Å². The molecule has 0 saturated heterocycles. The average molecular weight is 425 g/mol. The number of methoxy groups -OCH3 is 2. The summed E-state index contributed by atoms with van der Waals surface area (Å²) in [6.07, 6.45) is 1.67. The van der Waals surface area contributed by atoms with E-state index in [0.717, 1.165) is 4.70 Å². The Morgan fingerprint density at radius 2 is 1.78 bits per heavy atom. The van der Waals surface area contributed by atoms with Crippen molar-refractivity contribution in [3.8, 4) is 11.5 Å². The zero-order chi connectivity index (χ0) is 19.6. The molecule has 3 rings (SSSR count). The van der Waals surface area contributed by atoms with Gasteiger partial charge in [-0.05, 0) is 36.4 Å². The summed E-state index contributed by atoms with van der Waals surface area (Å²) >= 11 is 7.05. The average Bonchev–Trinajstić information content (AvgIpc) is 2.99. The number of ether oxygens (including phenoxy) is 2. The number of benzene rings is 2. The number of allylic oxidation sites excluding steroid dienone is 1. The zero-order valence-corrected chi connectivity index (χ0v) is 17.1. The second-order valence-corrected chi connectivity index (χ2v) is 8.47. The molecule has 0 radical (unpaired) electrons. The van der Waals surface area contributed by atoms with E-state index in [1.807, 2.05) is 0 Å². The Bertz CT molecular complexity index is 1160. The first-order chi connectivity index (χ1) is 12.9. The first kappa shape index (κ1) is 19.5. The lowest BCUT2D eigenvalue weighted by Gasteiger charge is -2.08. The summed E-state index contributed by atoms with van der Waals surface area (Å²) in [5.41, 5.74) is 0.701. The summed E-state index contributed by atoms with van der Waals surface area (Å²) in [6, 6.07) is 9.41. The second kappa shape index (κ2) is 7.75. The molecule has 27 heavy (non-hydrogen) atoms. The fourth-order valence-electron chi connectivity index (χ4n) is 2.58. The molecule has 3 aromatic rings. The maximum absolute atomic E-state index is 12.8. The summed E-state index contributed by atoms with van der Waals surface area (Å²) < 4.78 is 42.9. The van der Waals surface area contributed by atoms with Crippen LogP contribution in [0.5, 0.6) is 11.5 Å². The highest BCUT2D eigenvalue weighted by Gasteiger charge is 2.18. The van der Waals surface area contributed by atoms with Gasteiger partial charge in [-0.25, -0.2) is 0 Å². The van der Waals surface area contributed by atoms with Crippen LogP contribution in [0.25, 0.3) is 10.2 Å². The predicted octanol–water partition coefficient (Wildman–Crippen LogP) is 3.85. The first-order valence-electron chi connectivity index (χ1n) is 7.83. The maximum Gasteiger partial charge on any atom is 0.285 e.